The van der Waals surface area contributed by atoms with Crippen molar-refractivity contribution in [2.24, 2.45) is 5.92 Å². The number of anilines is 1. The van der Waals surface area contributed by atoms with Crippen molar-refractivity contribution in [3.63, 3.8) is 0 Å². The molecule has 5 heteroatoms. The van der Waals surface area contributed by atoms with Gasteiger partial charge < -0.3 is 5.73 Å². The zero-order chi connectivity index (χ0) is 12.7. The van der Waals surface area contributed by atoms with E-state index >= 15 is 0 Å². The first-order valence-electron chi connectivity index (χ1n) is 6.34. The number of nitrogens with zero attached hydrogens (tertiary/aromatic N) is 2. The summed E-state index contributed by atoms with van der Waals surface area (Å²) in [4.78, 5) is 10.5. The van der Waals surface area contributed by atoms with Crippen molar-refractivity contribution >= 4 is 27.8 Å². The maximum atomic E-state index is 5.74. The number of thiazole rings is 2. The highest BCUT2D eigenvalue weighted by atomic mass is 32.1. The molecule has 1 aliphatic carbocycles. The lowest BCUT2D eigenvalue weighted by atomic mass is 10.1. The van der Waals surface area contributed by atoms with Gasteiger partial charge in [-0.2, -0.15) is 0 Å². The van der Waals surface area contributed by atoms with E-state index in [2.05, 4.69) is 18.8 Å². The van der Waals surface area contributed by atoms with Gasteiger partial charge in [0.2, 0.25) is 0 Å². The Morgan fingerprint density at radius 3 is 2.72 bits per heavy atom. The van der Waals surface area contributed by atoms with Crippen molar-refractivity contribution in [1.29, 1.82) is 0 Å². The normalized spacial score (nSPS) is 15.5. The van der Waals surface area contributed by atoms with Crippen LogP contribution < -0.4 is 5.73 Å². The molecule has 0 radical (unpaired) electrons. The van der Waals surface area contributed by atoms with Crippen LogP contribution in [0.1, 0.15) is 43.3 Å². The summed E-state index contributed by atoms with van der Waals surface area (Å²) in [5.41, 5.74) is 8.02. The number of aromatic nitrogens is 2. The lowest BCUT2D eigenvalue weighted by Gasteiger charge is -1.98. The Morgan fingerprint density at radius 1 is 1.39 bits per heavy atom. The molecule has 0 atom stereocenters. The first kappa shape index (κ1) is 12.1. The summed E-state index contributed by atoms with van der Waals surface area (Å²) in [6.07, 6.45) is 3.61. The van der Waals surface area contributed by atoms with Crippen LogP contribution in [-0.4, -0.2) is 9.97 Å². The van der Waals surface area contributed by atoms with Gasteiger partial charge in [0, 0.05) is 17.7 Å². The minimum atomic E-state index is 0.644. The second-order valence-electron chi connectivity index (χ2n) is 5.27. The van der Waals surface area contributed by atoms with Gasteiger partial charge >= 0.3 is 0 Å². The van der Waals surface area contributed by atoms with Crippen LogP contribution in [0.25, 0.3) is 10.6 Å². The van der Waals surface area contributed by atoms with Crippen molar-refractivity contribution in [3.8, 4) is 10.6 Å². The summed E-state index contributed by atoms with van der Waals surface area (Å²) in [7, 11) is 0. The smallest absolute Gasteiger partial charge is 0.180 e. The van der Waals surface area contributed by atoms with Crippen molar-refractivity contribution in [3.05, 3.63) is 16.1 Å². The highest BCUT2D eigenvalue weighted by molar-refractivity contribution is 7.16. The molecule has 2 aromatic rings. The van der Waals surface area contributed by atoms with Crippen LogP contribution in [0.2, 0.25) is 0 Å². The lowest BCUT2D eigenvalue weighted by molar-refractivity contribution is 0.643. The van der Waals surface area contributed by atoms with E-state index in [4.69, 9.17) is 10.7 Å². The Balaban J connectivity index is 1.98. The average molecular weight is 279 g/mol. The Labute approximate surface area is 115 Å². The Hall–Kier alpha value is -0.940. The van der Waals surface area contributed by atoms with Crippen molar-refractivity contribution in [2.45, 2.75) is 39.0 Å². The third kappa shape index (κ3) is 2.42. The molecule has 2 N–H and O–H groups in total. The zero-order valence-corrected chi connectivity index (χ0v) is 12.3. The highest BCUT2D eigenvalue weighted by Crippen LogP contribution is 2.46. The molecule has 2 heterocycles. The SMILES string of the molecule is CC(C)Cc1nc(C2CC2)c(-c2csc(N)n2)s1. The standard InChI is InChI=1S/C13H17N3S2/c1-7(2)5-10-16-11(8-3-4-8)12(18-10)9-6-17-13(14)15-9/h6-8H,3-5H2,1-2H3,(H2,14,15). The molecule has 0 unspecified atom stereocenters. The van der Waals surface area contributed by atoms with Gasteiger partial charge in [-0.15, -0.1) is 22.7 Å². The lowest BCUT2D eigenvalue weighted by Crippen LogP contribution is -1.93. The molecule has 96 valence electrons. The molecular formula is C13H17N3S2. The quantitative estimate of drug-likeness (QED) is 0.922. The van der Waals surface area contributed by atoms with Gasteiger partial charge in [0.1, 0.15) is 0 Å². The van der Waals surface area contributed by atoms with Crippen LogP contribution >= 0.6 is 22.7 Å². The second-order valence-corrected chi connectivity index (χ2v) is 7.24. The van der Waals surface area contributed by atoms with E-state index in [-0.39, 0.29) is 0 Å². The molecule has 0 aromatic carbocycles. The molecule has 1 aliphatic rings. The van der Waals surface area contributed by atoms with Crippen LogP contribution in [0.4, 0.5) is 5.13 Å². The minimum Gasteiger partial charge on any atom is -0.375 e. The van der Waals surface area contributed by atoms with Crippen LogP contribution in [0.5, 0.6) is 0 Å². The maximum absolute atomic E-state index is 5.74. The van der Waals surface area contributed by atoms with Gasteiger partial charge in [0.05, 0.1) is 21.3 Å². The van der Waals surface area contributed by atoms with Crippen molar-refractivity contribution < 1.29 is 0 Å². The first-order chi connectivity index (χ1) is 8.63. The topological polar surface area (TPSA) is 51.8 Å². The van der Waals surface area contributed by atoms with Gasteiger partial charge in [-0.3, -0.25) is 0 Å². The van der Waals surface area contributed by atoms with E-state index in [1.165, 1.54) is 39.8 Å². The molecule has 0 spiro atoms. The van der Waals surface area contributed by atoms with Gasteiger partial charge in [-0.25, -0.2) is 9.97 Å². The zero-order valence-electron chi connectivity index (χ0n) is 10.6. The molecule has 0 aliphatic heterocycles. The van der Waals surface area contributed by atoms with Crippen LogP contribution in [0.15, 0.2) is 5.38 Å². The van der Waals surface area contributed by atoms with Crippen molar-refractivity contribution in [1.82, 2.24) is 9.97 Å². The Kier molecular flexibility index (Phi) is 3.11. The Bertz CT molecular complexity index is 552. The molecular weight excluding hydrogens is 262 g/mol. The van der Waals surface area contributed by atoms with E-state index in [1.54, 1.807) is 11.3 Å². The molecule has 3 rings (SSSR count). The fourth-order valence-electron chi connectivity index (χ4n) is 2.02. The summed E-state index contributed by atoms with van der Waals surface area (Å²) in [5.74, 6) is 1.32. The molecule has 1 saturated carbocycles. The molecule has 1 fully saturated rings. The third-order valence-electron chi connectivity index (χ3n) is 3.00. The summed E-state index contributed by atoms with van der Waals surface area (Å²) < 4.78 is 0. The summed E-state index contributed by atoms with van der Waals surface area (Å²) in [6, 6.07) is 0. The molecule has 0 bridgehead atoms. The largest absolute Gasteiger partial charge is 0.375 e. The van der Waals surface area contributed by atoms with Crippen molar-refractivity contribution in [2.75, 3.05) is 5.73 Å². The fourth-order valence-corrected chi connectivity index (χ4v) is 3.97. The van der Waals surface area contributed by atoms with Gasteiger partial charge in [-0.05, 0) is 18.8 Å². The molecule has 0 saturated heterocycles. The van der Waals surface area contributed by atoms with E-state index in [1.807, 2.05) is 5.38 Å². The van der Waals surface area contributed by atoms with Crippen LogP contribution in [-0.2, 0) is 6.42 Å². The molecule has 18 heavy (non-hydrogen) atoms. The Morgan fingerprint density at radius 2 is 2.17 bits per heavy atom. The minimum absolute atomic E-state index is 0.644. The summed E-state index contributed by atoms with van der Waals surface area (Å²) >= 11 is 3.31. The van der Waals surface area contributed by atoms with E-state index < -0.39 is 0 Å². The fraction of sp³-hybridized carbons (Fsp3) is 0.538. The van der Waals surface area contributed by atoms with E-state index in [0.717, 1.165) is 12.1 Å². The summed E-state index contributed by atoms with van der Waals surface area (Å²) in [6.45, 7) is 4.47. The number of nitrogen functional groups attached to an aromatic ring is 1. The number of hydrogen-bond donors (Lipinski definition) is 1. The number of nitrogens with two attached hydrogens (primary N) is 1. The monoisotopic (exact) mass is 279 g/mol. The van der Waals surface area contributed by atoms with Gasteiger partial charge in [0.25, 0.3) is 0 Å². The van der Waals surface area contributed by atoms with E-state index in [9.17, 15) is 0 Å². The predicted octanol–water partition coefficient (Wildman–Crippen LogP) is 3.92. The molecule has 3 nitrogen and oxygen atoms in total. The van der Waals surface area contributed by atoms with E-state index in [0.29, 0.717) is 17.0 Å². The third-order valence-corrected chi connectivity index (χ3v) is 4.79. The first-order valence-corrected chi connectivity index (χ1v) is 8.04. The molecule has 0 amide bonds. The van der Waals surface area contributed by atoms with Gasteiger partial charge in [-0.1, -0.05) is 13.8 Å². The average Bonchev–Trinajstić information content (AvgIpc) is 2.93. The van der Waals surface area contributed by atoms with Crippen LogP contribution in [0, 0.1) is 5.92 Å². The second kappa shape index (κ2) is 4.63. The number of rotatable bonds is 4. The van der Waals surface area contributed by atoms with Crippen LogP contribution in [0.3, 0.4) is 0 Å². The van der Waals surface area contributed by atoms with Gasteiger partial charge in [0.15, 0.2) is 5.13 Å². The number of hydrogen-bond acceptors (Lipinski definition) is 5. The predicted molar refractivity (Wildman–Crippen MR) is 78.2 cm³/mol. The molecule has 2 aromatic heterocycles. The summed E-state index contributed by atoms with van der Waals surface area (Å²) in [5, 5.41) is 3.94. The maximum Gasteiger partial charge on any atom is 0.180 e. The highest BCUT2D eigenvalue weighted by Gasteiger charge is 2.30.